The molecule has 16 heteroatoms. The molecule has 3 aromatic rings. The first-order chi connectivity index (χ1) is 27.1. The molecule has 2 aliphatic heterocycles. The number of aromatic nitrogens is 1. The van der Waals surface area contributed by atoms with Gasteiger partial charge in [0.2, 0.25) is 5.60 Å². The van der Waals surface area contributed by atoms with Crippen molar-refractivity contribution in [2.24, 2.45) is 5.41 Å². The molecule has 1 N–H and O–H groups in total. The van der Waals surface area contributed by atoms with Gasteiger partial charge in [-0.05, 0) is 82.0 Å². The number of nitrogens with zero attached hydrogens (tertiary/aromatic N) is 4. The van der Waals surface area contributed by atoms with Crippen molar-refractivity contribution >= 4 is 23.2 Å². The number of ether oxygens (including phenoxy) is 2. The van der Waals surface area contributed by atoms with Crippen LogP contribution >= 0.6 is 11.3 Å². The van der Waals surface area contributed by atoms with E-state index in [-0.39, 0.29) is 56.8 Å². The molecule has 0 bridgehead atoms. The Labute approximate surface area is 331 Å². The van der Waals surface area contributed by atoms with E-state index in [1.54, 1.807) is 28.0 Å². The van der Waals surface area contributed by atoms with Gasteiger partial charge < -0.3 is 19.5 Å². The number of carbonyl (C=O) groups excluding carboxylic acids is 1. The van der Waals surface area contributed by atoms with E-state index in [0.29, 0.717) is 74.1 Å². The van der Waals surface area contributed by atoms with E-state index < -0.39 is 57.1 Å². The summed E-state index contributed by atoms with van der Waals surface area (Å²) in [6, 6.07) is 10.6. The number of carbonyl (C=O) groups is 2. The number of nitriles is 1. The number of halogens is 6. The molecule has 6 rings (SSSR count). The van der Waals surface area contributed by atoms with Gasteiger partial charge in [0.15, 0.2) is 0 Å². The third kappa shape index (κ3) is 8.74. The second-order valence-corrected chi connectivity index (χ2v) is 16.3. The number of rotatable bonds is 14. The van der Waals surface area contributed by atoms with Crippen LogP contribution in [0.25, 0.3) is 0 Å². The van der Waals surface area contributed by atoms with Gasteiger partial charge in [0.05, 0.1) is 35.1 Å². The lowest BCUT2D eigenvalue weighted by atomic mass is 9.66. The van der Waals surface area contributed by atoms with Crippen LogP contribution in [0.4, 0.5) is 26.3 Å². The number of hydrogen-bond acceptors (Lipinski definition) is 8. The highest BCUT2D eigenvalue weighted by Crippen LogP contribution is 2.47. The number of alkyl halides is 6. The number of amides is 1. The molecule has 0 radical (unpaired) electrons. The fraction of sp³-hybridized carbons (Fsp3) is 0.561. The van der Waals surface area contributed by atoms with Crippen molar-refractivity contribution in [2.75, 3.05) is 26.2 Å². The highest BCUT2D eigenvalue weighted by molar-refractivity contribution is 7.10. The lowest BCUT2D eigenvalue weighted by molar-refractivity contribution is -0.163. The van der Waals surface area contributed by atoms with E-state index >= 15 is 4.79 Å². The molecular formula is C41H46F6N4O5S. The Hall–Kier alpha value is -4.36. The highest BCUT2D eigenvalue weighted by atomic mass is 32.1. The number of carboxylic acids is 1. The summed E-state index contributed by atoms with van der Waals surface area (Å²) in [7, 11) is 0. The van der Waals surface area contributed by atoms with E-state index in [1.807, 2.05) is 13.0 Å². The first kappa shape index (κ1) is 42.3. The molecule has 57 heavy (non-hydrogen) atoms. The molecule has 2 atom stereocenters. The molecule has 308 valence electrons. The monoisotopic (exact) mass is 820 g/mol. The quantitative estimate of drug-likeness (QED) is 0.127. The zero-order valence-electron chi connectivity index (χ0n) is 31.6. The number of thiophene rings is 1. The first-order valence-corrected chi connectivity index (χ1v) is 20.2. The van der Waals surface area contributed by atoms with E-state index in [1.165, 1.54) is 5.38 Å². The van der Waals surface area contributed by atoms with E-state index in [0.717, 1.165) is 30.9 Å². The number of para-hydroxylation sites is 1. The normalized spacial score (nSPS) is 22.3. The molecule has 1 amide bonds. The van der Waals surface area contributed by atoms with Gasteiger partial charge in [-0.1, -0.05) is 38.0 Å². The van der Waals surface area contributed by atoms with Crippen molar-refractivity contribution in [1.82, 2.24) is 14.8 Å². The van der Waals surface area contributed by atoms with Gasteiger partial charge >= 0.3 is 18.3 Å². The number of aliphatic carboxylic acids is 1. The van der Waals surface area contributed by atoms with Crippen molar-refractivity contribution < 1.29 is 50.5 Å². The van der Waals surface area contributed by atoms with E-state index in [4.69, 9.17) is 9.47 Å². The van der Waals surface area contributed by atoms with Crippen molar-refractivity contribution in [3.05, 3.63) is 75.7 Å². The van der Waals surface area contributed by atoms with Gasteiger partial charge in [-0.25, -0.2) is 0 Å². The summed E-state index contributed by atoms with van der Waals surface area (Å²) in [6.45, 7) is 2.43. The predicted octanol–water partition coefficient (Wildman–Crippen LogP) is 9.26. The third-order valence-electron chi connectivity index (χ3n) is 12.0. The Bertz CT molecular complexity index is 1930. The Balaban J connectivity index is 1.26. The highest BCUT2D eigenvalue weighted by Gasteiger charge is 2.55. The second kappa shape index (κ2) is 16.9. The number of benzene rings is 1. The molecule has 1 aromatic carbocycles. The average Bonchev–Trinajstić information content (AvgIpc) is 3.64. The summed E-state index contributed by atoms with van der Waals surface area (Å²) in [5.41, 5.74) is -3.82. The molecule has 1 saturated carbocycles. The van der Waals surface area contributed by atoms with Crippen molar-refractivity contribution in [1.29, 1.82) is 5.26 Å². The lowest BCUT2D eigenvalue weighted by Crippen LogP contribution is -2.67. The van der Waals surface area contributed by atoms with Crippen LogP contribution in [0.2, 0.25) is 0 Å². The second-order valence-electron chi connectivity index (χ2n) is 15.4. The van der Waals surface area contributed by atoms with Crippen LogP contribution in [0.3, 0.4) is 0 Å². The SMILES string of the molecule is CCC[C@H]1N(Cc2cnccc2C(F)(F)F)CCC[C@@]1(Oc1csc(C(F)(F)F)c1)C(=O)N1CCC(C#N)(c2ccccc2OCCCC2(C(=O)O)CCC2)CC1. The van der Waals surface area contributed by atoms with E-state index in [2.05, 4.69) is 11.1 Å². The Morgan fingerprint density at radius 2 is 1.75 bits per heavy atom. The molecule has 2 aromatic heterocycles. The van der Waals surface area contributed by atoms with Gasteiger partial charge in [0, 0.05) is 49.0 Å². The van der Waals surface area contributed by atoms with Crippen LogP contribution in [0.1, 0.15) is 99.1 Å². The molecule has 3 aliphatic rings. The van der Waals surface area contributed by atoms with Gasteiger partial charge in [0.25, 0.3) is 5.91 Å². The Kier molecular flexibility index (Phi) is 12.5. The minimum Gasteiger partial charge on any atom is -0.493 e. The molecule has 0 spiro atoms. The van der Waals surface area contributed by atoms with Gasteiger partial charge in [-0.3, -0.25) is 19.5 Å². The topological polar surface area (TPSA) is 116 Å². The van der Waals surface area contributed by atoms with Crippen LogP contribution in [0, 0.1) is 16.7 Å². The molecule has 0 unspecified atom stereocenters. The lowest BCUT2D eigenvalue weighted by Gasteiger charge is -2.51. The van der Waals surface area contributed by atoms with Gasteiger partial charge in [-0.2, -0.15) is 31.6 Å². The molecule has 1 aliphatic carbocycles. The maximum absolute atomic E-state index is 15.0. The smallest absolute Gasteiger partial charge is 0.425 e. The van der Waals surface area contributed by atoms with Crippen molar-refractivity contribution in [3.8, 4) is 17.6 Å². The minimum absolute atomic E-state index is 0.0914. The molecule has 2 saturated heterocycles. The summed E-state index contributed by atoms with van der Waals surface area (Å²) in [5, 5.41) is 21.6. The van der Waals surface area contributed by atoms with Crippen LogP contribution < -0.4 is 9.47 Å². The summed E-state index contributed by atoms with van der Waals surface area (Å²) in [5.74, 6) is -0.943. The van der Waals surface area contributed by atoms with Crippen LogP contribution in [0.5, 0.6) is 11.5 Å². The van der Waals surface area contributed by atoms with Gasteiger partial charge in [-0.15, -0.1) is 11.3 Å². The maximum atomic E-state index is 15.0. The van der Waals surface area contributed by atoms with Gasteiger partial charge in [0.1, 0.15) is 16.4 Å². The third-order valence-corrected chi connectivity index (χ3v) is 12.9. The van der Waals surface area contributed by atoms with E-state index in [9.17, 15) is 41.5 Å². The summed E-state index contributed by atoms with van der Waals surface area (Å²) in [6.07, 6.45) is -2.29. The fourth-order valence-electron chi connectivity index (χ4n) is 8.79. The minimum atomic E-state index is -4.66. The largest absolute Gasteiger partial charge is 0.493 e. The number of piperidine rings is 2. The zero-order chi connectivity index (χ0) is 41.1. The number of carboxylic acid groups (broad SMARTS) is 1. The summed E-state index contributed by atoms with van der Waals surface area (Å²) in [4.78, 5) is 33.2. The maximum Gasteiger partial charge on any atom is 0.425 e. The number of pyridine rings is 1. The molecule has 9 nitrogen and oxygen atoms in total. The summed E-state index contributed by atoms with van der Waals surface area (Å²) < 4.78 is 96.1. The predicted molar refractivity (Wildman–Crippen MR) is 198 cm³/mol. The molecule has 4 heterocycles. The Morgan fingerprint density at radius 3 is 2.37 bits per heavy atom. The van der Waals surface area contributed by atoms with Crippen LogP contribution in [0.15, 0.2) is 54.2 Å². The van der Waals surface area contributed by atoms with Crippen molar-refractivity contribution in [2.45, 2.75) is 114 Å². The fourth-order valence-corrected chi connectivity index (χ4v) is 9.47. The van der Waals surface area contributed by atoms with Crippen LogP contribution in [-0.4, -0.2) is 69.7 Å². The van der Waals surface area contributed by atoms with Crippen molar-refractivity contribution in [3.63, 3.8) is 0 Å². The number of likely N-dealkylation sites (tertiary alicyclic amines) is 2. The molecule has 3 fully saturated rings. The average molecular weight is 821 g/mol. The zero-order valence-corrected chi connectivity index (χ0v) is 32.4. The van der Waals surface area contributed by atoms with Crippen LogP contribution in [-0.2, 0) is 33.9 Å². The number of hydrogen-bond donors (Lipinski definition) is 1. The standard InChI is InChI=1S/C41H46F6N4O5S/c1-2-8-33-39(56-29-23-34(57-26-29)41(45,46)47,15-6-19-51(33)25-28-24-49-18-11-30(28)40(42,43)44)35(52)50-20-16-38(27-48,17-21-50)31-9-3-4-10-32(31)55-22-7-14-37(36(53)54)12-5-13-37/h3-4,9-11,18,23-24,26,33H,2,5-8,12-17,19-22,25H2,1H3,(H,53,54)/t33-,39+/m1/s1. The molecular weight excluding hydrogens is 775 g/mol. The first-order valence-electron chi connectivity index (χ1n) is 19.3. The summed E-state index contributed by atoms with van der Waals surface area (Å²) >= 11 is 0.433. The Morgan fingerprint density at radius 1 is 1.02 bits per heavy atom.